The predicted molar refractivity (Wildman–Crippen MR) is 135 cm³/mol. The minimum atomic E-state index is -1.88. The van der Waals surface area contributed by atoms with E-state index in [0.29, 0.717) is 11.7 Å². The van der Waals surface area contributed by atoms with Gasteiger partial charge in [-0.15, -0.1) is 0 Å². The maximum absolute atomic E-state index is 13.4. The summed E-state index contributed by atoms with van der Waals surface area (Å²) in [6.07, 6.45) is 6.70. The van der Waals surface area contributed by atoms with E-state index in [2.05, 4.69) is 11.4 Å². The zero-order valence-electron chi connectivity index (χ0n) is 19.9. The van der Waals surface area contributed by atoms with Crippen molar-refractivity contribution in [3.8, 4) is 6.07 Å². The molecule has 0 radical (unpaired) electrons. The molecule has 1 fully saturated rings. The van der Waals surface area contributed by atoms with Crippen LogP contribution in [0.3, 0.4) is 0 Å². The maximum Gasteiger partial charge on any atom is 0.344 e. The molecule has 33 heavy (non-hydrogen) atoms. The quantitative estimate of drug-likeness (QED) is 0.412. The van der Waals surface area contributed by atoms with E-state index in [1.54, 1.807) is 12.1 Å². The number of hydrogen-bond acceptors (Lipinski definition) is 4. The van der Waals surface area contributed by atoms with Crippen LogP contribution in [0.1, 0.15) is 54.9 Å². The molecular formula is C27H34N2O3P+. The first kappa shape index (κ1) is 24.9. The van der Waals surface area contributed by atoms with Crippen molar-refractivity contribution in [2.75, 3.05) is 23.8 Å². The number of hydrogen-bond donors (Lipinski definition) is 1. The van der Waals surface area contributed by atoms with Crippen LogP contribution >= 0.6 is 7.26 Å². The molecule has 0 aromatic heterocycles. The largest absolute Gasteiger partial charge is 0.458 e. The number of carbonyl (C=O) groups is 2. The average molecular weight is 466 g/mol. The first-order valence-electron chi connectivity index (χ1n) is 11.7. The molecule has 174 valence electrons. The molecule has 1 aliphatic heterocycles. The number of carbonyl (C=O) groups excluding carboxylic acids is 2. The first-order valence-corrected chi connectivity index (χ1v) is 14.1. The molecule has 1 atom stereocenters. The minimum absolute atomic E-state index is 0.0306. The number of nitrogens with one attached hydrogen (secondary N) is 1. The summed E-state index contributed by atoms with van der Waals surface area (Å²) in [4.78, 5) is 26.4. The van der Waals surface area contributed by atoms with E-state index in [4.69, 9.17) is 4.74 Å². The van der Waals surface area contributed by atoms with E-state index >= 15 is 0 Å². The Hall–Kier alpha value is -2.70. The fraction of sp³-hybridized carbons (Fsp3) is 0.444. The lowest BCUT2D eigenvalue weighted by molar-refractivity contribution is -0.141. The number of esters is 1. The van der Waals surface area contributed by atoms with Crippen molar-refractivity contribution in [2.45, 2.75) is 58.7 Å². The highest BCUT2D eigenvalue weighted by Gasteiger charge is 2.49. The van der Waals surface area contributed by atoms with Gasteiger partial charge in [-0.3, -0.25) is 4.79 Å². The van der Waals surface area contributed by atoms with Crippen molar-refractivity contribution >= 4 is 24.8 Å². The topological polar surface area (TPSA) is 79.2 Å². The van der Waals surface area contributed by atoms with Crippen molar-refractivity contribution < 1.29 is 14.3 Å². The summed E-state index contributed by atoms with van der Waals surface area (Å²) in [7, 11) is -1.88. The van der Waals surface area contributed by atoms with E-state index in [0.717, 1.165) is 60.4 Å². The molecule has 0 spiro atoms. The molecule has 1 N–H and O–H groups in total. The SMILES string of the molecule is Cc1cc(C#N)cc(C)c1NC(=O)C(C)[P+]1(CC(=O)OCc2ccccc2)CCCCCC1. The van der Waals surface area contributed by atoms with E-state index in [1.165, 1.54) is 0 Å². The molecule has 3 rings (SSSR count). The third-order valence-electron chi connectivity index (χ3n) is 6.75. The van der Waals surface area contributed by atoms with Crippen molar-refractivity contribution in [3.63, 3.8) is 0 Å². The second-order valence-corrected chi connectivity index (χ2v) is 13.6. The number of nitrogens with zero attached hydrogens (tertiary/aromatic N) is 1. The van der Waals surface area contributed by atoms with Crippen LogP contribution in [-0.4, -0.2) is 36.0 Å². The zero-order valence-corrected chi connectivity index (χ0v) is 20.8. The minimum Gasteiger partial charge on any atom is -0.458 e. The molecule has 1 aliphatic rings. The number of ether oxygens (including phenoxy) is 1. The Labute approximate surface area is 197 Å². The number of aryl methyl sites for hydroxylation is 2. The van der Waals surface area contributed by atoms with Gasteiger partial charge in [0, 0.05) is 12.9 Å². The van der Waals surface area contributed by atoms with Gasteiger partial charge in [-0.25, -0.2) is 4.79 Å². The van der Waals surface area contributed by atoms with Gasteiger partial charge in [-0.05, 0) is 75.3 Å². The molecular weight excluding hydrogens is 431 g/mol. The van der Waals surface area contributed by atoms with E-state index in [9.17, 15) is 14.9 Å². The Morgan fingerprint density at radius 3 is 2.24 bits per heavy atom. The summed E-state index contributed by atoms with van der Waals surface area (Å²) in [5.41, 5.74) is 3.85. The van der Waals surface area contributed by atoms with E-state index in [1.807, 2.05) is 51.1 Å². The zero-order chi connectivity index (χ0) is 23.8. The number of anilines is 1. The molecule has 2 aromatic carbocycles. The third-order valence-corrected chi connectivity index (χ3v) is 11.9. The number of rotatable bonds is 7. The Morgan fingerprint density at radius 2 is 1.67 bits per heavy atom. The highest BCUT2D eigenvalue weighted by atomic mass is 31.2. The molecule has 2 aromatic rings. The average Bonchev–Trinajstić information content (AvgIpc) is 3.06. The molecule has 1 saturated heterocycles. The monoisotopic (exact) mass is 465 g/mol. The summed E-state index contributed by atoms with van der Waals surface area (Å²) in [5, 5.41) is 12.3. The maximum atomic E-state index is 13.4. The Bertz CT molecular complexity index is 998. The molecule has 5 nitrogen and oxygen atoms in total. The van der Waals surface area contributed by atoms with E-state index < -0.39 is 7.26 Å². The smallest absolute Gasteiger partial charge is 0.344 e. The van der Waals surface area contributed by atoms with Crippen molar-refractivity contribution in [1.82, 2.24) is 0 Å². The second kappa shape index (κ2) is 11.4. The lowest BCUT2D eigenvalue weighted by Gasteiger charge is -2.31. The lowest BCUT2D eigenvalue weighted by Crippen LogP contribution is -2.34. The Balaban J connectivity index is 1.75. The van der Waals surface area contributed by atoms with Gasteiger partial charge in [0.1, 0.15) is 12.3 Å². The van der Waals surface area contributed by atoms with Gasteiger partial charge in [0.2, 0.25) is 0 Å². The summed E-state index contributed by atoms with van der Waals surface area (Å²) in [5.74, 6) is -0.225. The van der Waals surface area contributed by atoms with Crippen LogP contribution in [0.4, 0.5) is 5.69 Å². The number of amides is 1. The van der Waals surface area contributed by atoms with Gasteiger partial charge >= 0.3 is 5.97 Å². The van der Waals surface area contributed by atoms with Crippen LogP contribution in [0.25, 0.3) is 0 Å². The Morgan fingerprint density at radius 1 is 1.06 bits per heavy atom. The predicted octanol–water partition coefficient (Wildman–Crippen LogP) is 5.84. The number of nitriles is 1. The standard InChI is InChI=1S/C27H33N2O3P/c1-20-15-24(17-28)16-21(2)26(20)29-27(31)22(3)33(13-9-4-5-10-14-33)19-25(30)32-18-23-11-7-6-8-12-23/h6-8,11-12,15-16,22H,4-5,9-10,13-14,18-19H2,1-3H3/p+1. The van der Waals surface area contributed by atoms with Crippen LogP contribution in [0.15, 0.2) is 42.5 Å². The normalized spacial score (nSPS) is 16.2. The number of benzene rings is 2. The second-order valence-electron chi connectivity index (χ2n) is 9.15. The summed E-state index contributed by atoms with van der Waals surface area (Å²) >= 11 is 0. The van der Waals surface area contributed by atoms with Crippen LogP contribution in [0.5, 0.6) is 0 Å². The first-order chi connectivity index (χ1) is 15.8. The summed E-state index contributed by atoms with van der Waals surface area (Å²) in [6, 6.07) is 15.5. The highest BCUT2D eigenvalue weighted by molar-refractivity contribution is 7.78. The van der Waals surface area contributed by atoms with Crippen LogP contribution in [0.2, 0.25) is 0 Å². The molecule has 1 unspecified atom stereocenters. The molecule has 0 saturated carbocycles. The highest BCUT2D eigenvalue weighted by Crippen LogP contribution is 2.65. The third kappa shape index (κ3) is 6.42. The lowest BCUT2D eigenvalue weighted by atomic mass is 10.0. The van der Waals surface area contributed by atoms with Gasteiger partial charge < -0.3 is 10.1 Å². The van der Waals surface area contributed by atoms with Gasteiger partial charge in [-0.1, -0.05) is 30.3 Å². The summed E-state index contributed by atoms with van der Waals surface area (Å²) < 4.78 is 5.64. The van der Waals surface area contributed by atoms with Crippen LogP contribution < -0.4 is 5.32 Å². The molecule has 0 aliphatic carbocycles. The van der Waals surface area contributed by atoms with Crippen molar-refractivity contribution in [3.05, 3.63) is 64.7 Å². The van der Waals surface area contributed by atoms with Crippen LogP contribution in [-0.2, 0) is 20.9 Å². The van der Waals surface area contributed by atoms with E-state index in [-0.39, 0.29) is 24.1 Å². The van der Waals surface area contributed by atoms with Crippen molar-refractivity contribution in [2.24, 2.45) is 0 Å². The van der Waals surface area contributed by atoms with Gasteiger partial charge in [0.15, 0.2) is 6.16 Å². The molecule has 0 bridgehead atoms. The van der Waals surface area contributed by atoms with Gasteiger partial charge in [-0.2, -0.15) is 5.26 Å². The molecule has 6 heteroatoms. The van der Waals surface area contributed by atoms with Gasteiger partial charge in [0.05, 0.1) is 24.0 Å². The molecule has 1 amide bonds. The van der Waals surface area contributed by atoms with Gasteiger partial charge in [0.25, 0.3) is 5.91 Å². The Kier molecular flexibility index (Phi) is 8.64. The van der Waals surface area contributed by atoms with Crippen LogP contribution in [0, 0.1) is 25.2 Å². The summed E-state index contributed by atoms with van der Waals surface area (Å²) in [6.45, 7) is 6.08. The fourth-order valence-corrected chi connectivity index (χ4v) is 9.21. The fourth-order valence-electron chi connectivity index (χ4n) is 4.74. The molecule has 1 heterocycles. The van der Waals surface area contributed by atoms with Crippen molar-refractivity contribution in [1.29, 1.82) is 5.26 Å².